The van der Waals surface area contributed by atoms with Gasteiger partial charge in [0.2, 0.25) is 0 Å². The van der Waals surface area contributed by atoms with Gasteiger partial charge < -0.3 is 8.98 Å². The molecule has 4 aromatic heterocycles. The topological polar surface area (TPSA) is 56.7 Å². The van der Waals surface area contributed by atoms with Gasteiger partial charge in [0, 0.05) is 70.2 Å². The first kappa shape index (κ1) is 28.2. The van der Waals surface area contributed by atoms with Crippen LogP contribution >= 0.6 is 11.3 Å². The molecule has 0 radical (unpaired) electrons. The first-order chi connectivity index (χ1) is 25.2. The van der Waals surface area contributed by atoms with Crippen molar-refractivity contribution in [3.8, 4) is 39.9 Å². The fourth-order valence-corrected chi connectivity index (χ4v) is 8.59. The number of nitrogens with zero attached hydrogens (tertiary/aromatic N) is 4. The molecule has 11 rings (SSSR count). The number of benzene rings is 7. The lowest BCUT2D eigenvalue weighted by Gasteiger charge is -2.09. The monoisotopic (exact) mass is 670 g/mol. The van der Waals surface area contributed by atoms with Crippen LogP contribution in [-0.4, -0.2) is 19.5 Å². The molecule has 0 amide bonds. The van der Waals surface area contributed by atoms with Gasteiger partial charge >= 0.3 is 0 Å². The highest BCUT2D eigenvalue weighted by molar-refractivity contribution is 7.25. The van der Waals surface area contributed by atoms with Gasteiger partial charge in [-0.25, -0.2) is 15.0 Å². The quantitative estimate of drug-likeness (QED) is 0.187. The largest absolute Gasteiger partial charge is 0.456 e. The molecular weight excluding hydrogens is 645 g/mol. The van der Waals surface area contributed by atoms with Crippen molar-refractivity contribution in [1.29, 1.82) is 0 Å². The van der Waals surface area contributed by atoms with E-state index in [0.717, 1.165) is 55.3 Å². The number of furan rings is 1. The van der Waals surface area contributed by atoms with Crippen LogP contribution in [-0.2, 0) is 0 Å². The number of fused-ring (bicyclic) bond motifs is 9. The van der Waals surface area contributed by atoms with Gasteiger partial charge in [-0.3, -0.25) is 0 Å². The van der Waals surface area contributed by atoms with E-state index in [9.17, 15) is 0 Å². The molecule has 5 nitrogen and oxygen atoms in total. The fourth-order valence-electron chi connectivity index (χ4n) is 7.45. The normalized spacial score (nSPS) is 11.9. The van der Waals surface area contributed by atoms with E-state index in [-0.39, 0.29) is 0 Å². The zero-order valence-electron chi connectivity index (χ0n) is 27.1. The van der Waals surface area contributed by atoms with Crippen LogP contribution in [0.5, 0.6) is 0 Å². The molecular formula is C45H26N4OS. The highest BCUT2D eigenvalue weighted by atomic mass is 32.1. The van der Waals surface area contributed by atoms with E-state index in [1.807, 2.05) is 42.5 Å². The average Bonchev–Trinajstić information content (AvgIpc) is 3.86. The summed E-state index contributed by atoms with van der Waals surface area (Å²) < 4.78 is 11.3. The summed E-state index contributed by atoms with van der Waals surface area (Å²) in [6.45, 7) is 0. The SMILES string of the molecule is c1ccc(-c2nc(-c3ccc4c(c3)sc3ccccc34)nc(-c3ccc4oc5cc6c(cc5c4c3)c3ccccc3n6-c3ccccc3)n2)cc1. The first-order valence-electron chi connectivity index (χ1n) is 16.9. The second-order valence-corrected chi connectivity index (χ2v) is 13.9. The molecule has 0 aliphatic carbocycles. The lowest BCUT2D eigenvalue weighted by molar-refractivity contribution is 0.669. The van der Waals surface area contributed by atoms with Crippen molar-refractivity contribution >= 4 is 75.3 Å². The summed E-state index contributed by atoms with van der Waals surface area (Å²) in [4.78, 5) is 15.2. The Morgan fingerprint density at radius 2 is 1.02 bits per heavy atom. The van der Waals surface area contributed by atoms with Gasteiger partial charge in [-0.2, -0.15) is 0 Å². The Hall–Kier alpha value is -6.63. The van der Waals surface area contributed by atoms with E-state index >= 15 is 0 Å². The Kier molecular flexibility index (Phi) is 6.05. The summed E-state index contributed by atoms with van der Waals surface area (Å²) in [5.74, 6) is 1.90. The van der Waals surface area contributed by atoms with E-state index < -0.39 is 0 Å². The maximum atomic E-state index is 6.52. The van der Waals surface area contributed by atoms with Crippen molar-refractivity contribution in [2.24, 2.45) is 0 Å². The van der Waals surface area contributed by atoms with E-state index in [2.05, 4.69) is 120 Å². The van der Waals surface area contributed by atoms with Gasteiger partial charge in [0.25, 0.3) is 0 Å². The van der Waals surface area contributed by atoms with Gasteiger partial charge in [-0.1, -0.05) is 97.1 Å². The van der Waals surface area contributed by atoms with Crippen LogP contribution in [0.15, 0.2) is 162 Å². The molecule has 0 saturated heterocycles. The lowest BCUT2D eigenvalue weighted by atomic mass is 10.1. The Balaban J connectivity index is 1.11. The standard InChI is InChI=1S/C45H26N4OS/c1-3-11-27(12-4-1)43-46-44(48-45(47-43)29-19-21-33-32-16-8-10-18-41(32)51-42(33)24-29)28-20-22-39-35(23-28)36-25-34-31-15-7-9-17-37(31)49(30-13-5-2-6-14-30)38(34)26-40(36)50-39/h1-26H. The van der Waals surface area contributed by atoms with Crippen molar-refractivity contribution in [3.05, 3.63) is 158 Å². The lowest BCUT2D eigenvalue weighted by Crippen LogP contribution is -2.00. The number of thiophene rings is 1. The van der Waals surface area contributed by atoms with Gasteiger partial charge in [0.1, 0.15) is 11.2 Å². The van der Waals surface area contributed by atoms with Crippen LogP contribution in [0, 0.1) is 0 Å². The third kappa shape index (κ3) is 4.43. The minimum atomic E-state index is 0.619. The van der Waals surface area contributed by atoms with Crippen LogP contribution < -0.4 is 0 Å². The molecule has 4 heterocycles. The third-order valence-corrected chi connectivity index (χ3v) is 11.0. The predicted molar refractivity (Wildman–Crippen MR) is 211 cm³/mol. The molecule has 0 atom stereocenters. The van der Waals surface area contributed by atoms with E-state index in [4.69, 9.17) is 19.4 Å². The zero-order valence-corrected chi connectivity index (χ0v) is 27.9. The van der Waals surface area contributed by atoms with Crippen molar-refractivity contribution in [1.82, 2.24) is 19.5 Å². The average molecular weight is 671 g/mol. The predicted octanol–water partition coefficient (Wildman–Crippen LogP) is 12.2. The van der Waals surface area contributed by atoms with Gasteiger partial charge in [-0.15, -0.1) is 11.3 Å². The molecule has 6 heteroatoms. The molecule has 0 unspecified atom stereocenters. The number of aromatic nitrogens is 4. The van der Waals surface area contributed by atoms with Crippen molar-refractivity contribution in [2.75, 3.05) is 0 Å². The molecule has 238 valence electrons. The van der Waals surface area contributed by atoms with Crippen LogP contribution in [0.1, 0.15) is 0 Å². The summed E-state index contributed by atoms with van der Waals surface area (Å²) in [5.41, 5.74) is 7.86. The zero-order chi connectivity index (χ0) is 33.5. The van der Waals surface area contributed by atoms with Crippen LogP contribution in [0.2, 0.25) is 0 Å². The number of hydrogen-bond acceptors (Lipinski definition) is 5. The molecule has 0 bridgehead atoms. The minimum absolute atomic E-state index is 0.619. The number of hydrogen-bond donors (Lipinski definition) is 0. The highest BCUT2D eigenvalue weighted by Crippen LogP contribution is 2.40. The van der Waals surface area contributed by atoms with Gasteiger partial charge in [-0.05, 0) is 54.6 Å². The first-order valence-corrected chi connectivity index (χ1v) is 17.8. The molecule has 0 spiro atoms. The Labute approximate surface area is 295 Å². The van der Waals surface area contributed by atoms with Crippen LogP contribution in [0.4, 0.5) is 0 Å². The van der Waals surface area contributed by atoms with E-state index in [1.165, 1.54) is 30.9 Å². The van der Waals surface area contributed by atoms with Crippen LogP contribution in [0.3, 0.4) is 0 Å². The molecule has 0 aliphatic rings. The Morgan fingerprint density at radius 3 is 1.84 bits per heavy atom. The molecule has 0 fully saturated rings. The molecule has 0 saturated carbocycles. The molecule has 7 aromatic carbocycles. The highest BCUT2D eigenvalue weighted by Gasteiger charge is 2.19. The third-order valence-electron chi connectivity index (χ3n) is 9.84. The Bertz CT molecular complexity index is 3140. The molecule has 11 aromatic rings. The summed E-state index contributed by atoms with van der Waals surface area (Å²) in [6, 6.07) is 55.0. The van der Waals surface area contributed by atoms with Crippen LogP contribution in [0.25, 0.3) is 104 Å². The summed E-state index contributed by atoms with van der Waals surface area (Å²) >= 11 is 1.79. The fraction of sp³-hybridized carbons (Fsp3) is 0. The van der Waals surface area contributed by atoms with Gasteiger partial charge in [0.05, 0.1) is 11.0 Å². The van der Waals surface area contributed by atoms with Crippen molar-refractivity contribution in [3.63, 3.8) is 0 Å². The Morgan fingerprint density at radius 1 is 0.392 bits per heavy atom. The van der Waals surface area contributed by atoms with E-state index in [1.54, 1.807) is 11.3 Å². The number of para-hydroxylation sites is 2. The summed E-state index contributed by atoms with van der Waals surface area (Å²) in [5, 5.41) is 6.98. The molecule has 0 N–H and O–H groups in total. The van der Waals surface area contributed by atoms with Crippen molar-refractivity contribution in [2.45, 2.75) is 0 Å². The second kappa shape index (κ2) is 10.9. The van der Waals surface area contributed by atoms with E-state index in [0.29, 0.717) is 17.5 Å². The molecule has 0 aliphatic heterocycles. The van der Waals surface area contributed by atoms with Crippen molar-refractivity contribution < 1.29 is 4.42 Å². The smallest absolute Gasteiger partial charge is 0.164 e. The number of rotatable bonds is 4. The van der Waals surface area contributed by atoms with Gasteiger partial charge in [0.15, 0.2) is 17.5 Å². The maximum absolute atomic E-state index is 6.52. The summed E-state index contributed by atoms with van der Waals surface area (Å²) in [7, 11) is 0. The summed E-state index contributed by atoms with van der Waals surface area (Å²) in [6.07, 6.45) is 0. The second-order valence-electron chi connectivity index (χ2n) is 12.8. The maximum Gasteiger partial charge on any atom is 0.164 e. The minimum Gasteiger partial charge on any atom is -0.456 e. The molecule has 51 heavy (non-hydrogen) atoms.